The van der Waals surface area contributed by atoms with Gasteiger partial charge in [0.1, 0.15) is 12.9 Å². The maximum absolute atomic E-state index is 6.03. The Kier molecular flexibility index (Phi) is 3.79. The first-order valence-electron chi connectivity index (χ1n) is 6.39. The van der Waals surface area contributed by atoms with Crippen LogP contribution in [0.5, 0.6) is 0 Å². The van der Waals surface area contributed by atoms with Crippen LogP contribution >= 0.6 is 0 Å². The van der Waals surface area contributed by atoms with Crippen molar-refractivity contribution in [3.8, 4) is 0 Å². The van der Waals surface area contributed by atoms with E-state index in [0.29, 0.717) is 19.2 Å². The summed E-state index contributed by atoms with van der Waals surface area (Å²) in [7, 11) is 0. The maximum atomic E-state index is 6.03. The van der Waals surface area contributed by atoms with E-state index in [2.05, 4.69) is 23.9 Å². The van der Waals surface area contributed by atoms with E-state index in [1.54, 1.807) is 6.33 Å². The highest BCUT2D eigenvalue weighted by Gasteiger charge is 2.33. The molecular weight excluding hydrogens is 216 g/mol. The minimum Gasteiger partial charge on any atom is -0.366 e. The predicted molar refractivity (Wildman–Crippen MR) is 65.4 cm³/mol. The van der Waals surface area contributed by atoms with E-state index >= 15 is 0 Å². The second kappa shape index (κ2) is 5.14. The molecule has 0 spiro atoms. The lowest BCUT2D eigenvalue weighted by Crippen LogP contribution is -2.38. The third kappa shape index (κ3) is 2.66. The molecule has 0 atom stereocenters. The lowest BCUT2D eigenvalue weighted by molar-refractivity contribution is -0.0490. The molecule has 1 aliphatic carbocycles. The number of nitrogens with zero attached hydrogens (tertiary/aromatic N) is 3. The highest BCUT2D eigenvalue weighted by molar-refractivity contribution is 4.90. The summed E-state index contributed by atoms with van der Waals surface area (Å²) in [5, 5.41) is 4.20. The minimum absolute atomic E-state index is 0.117. The van der Waals surface area contributed by atoms with E-state index in [1.165, 1.54) is 12.8 Å². The van der Waals surface area contributed by atoms with E-state index in [0.717, 1.165) is 18.7 Å². The fourth-order valence-corrected chi connectivity index (χ4v) is 2.45. The van der Waals surface area contributed by atoms with Gasteiger partial charge in [0.25, 0.3) is 0 Å². The van der Waals surface area contributed by atoms with Crippen LogP contribution in [0.15, 0.2) is 6.33 Å². The summed E-state index contributed by atoms with van der Waals surface area (Å²) in [4.78, 5) is 4.25. The monoisotopic (exact) mass is 238 g/mol. The van der Waals surface area contributed by atoms with Gasteiger partial charge in [-0.25, -0.2) is 9.67 Å². The van der Waals surface area contributed by atoms with Gasteiger partial charge in [0.05, 0.1) is 5.60 Å². The third-order valence-corrected chi connectivity index (χ3v) is 3.53. The lowest BCUT2D eigenvalue weighted by Gasteiger charge is -2.27. The maximum Gasteiger partial charge on any atom is 0.153 e. The molecule has 0 saturated heterocycles. The summed E-state index contributed by atoms with van der Waals surface area (Å²) in [5.74, 6) is 0.889. The van der Waals surface area contributed by atoms with Gasteiger partial charge in [-0.05, 0) is 26.7 Å². The number of nitrogens with two attached hydrogens (primary N) is 1. The van der Waals surface area contributed by atoms with Gasteiger partial charge in [-0.2, -0.15) is 5.10 Å². The molecule has 2 rings (SSSR count). The molecule has 1 aliphatic rings. The Morgan fingerprint density at radius 3 is 2.76 bits per heavy atom. The molecule has 1 heterocycles. The molecule has 0 amide bonds. The molecule has 0 aliphatic heterocycles. The minimum atomic E-state index is -0.117. The molecule has 96 valence electrons. The molecule has 0 radical (unpaired) electrons. The molecule has 17 heavy (non-hydrogen) atoms. The van der Waals surface area contributed by atoms with E-state index in [1.807, 2.05) is 4.68 Å². The van der Waals surface area contributed by atoms with Gasteiger partial charge in [-0.1, -0.05) is 12.8 Å². The Hall–Kier alpha value is -0.940. The second-order valence-electron chi connectivity index (χ2n) is 5.10. The van der Waals surface area contributed by atoms with Crippen LogP contribution in [0.25, 0.3) is 0 Å². The van der Waals surface area contributed by atoms with Crippen molar-refractivity contribution >= 4 is 0 Å². The lowest BCUT2D eigenvalue weighted by atomic mass is 10.0. The third-order valence-electron chi connectivity index (χ3n) is 3.53. The Bertz CT molecular complexity index is 355. The molecule has 5 nitrogen and oxygen atoms in total. The summed E-state index contributed by atoms with van der Waals surface area (Å²) in [6.07, 6.45) is 6.16. The topological polar surface area (TPSA) is 66.0 Å². The predicted octanol–water partition coefficient (Wildman–Crippen LogP) is 1.65. The zero-order valence-corrected chi connectivity index (χ0v) is 10.7. The second-order valence-corrected chi connectivity index (χ2v) is 5.10. The quantitative estimate of drug-likeness (QED) is 0.847. The molecular formula is C12H22N4O. The number of rotatable bonds is 5. The van der Waals surface area contributed by atoms with Gasteiger partial charge in [0, 0.05) is 12.6 Å². The van der Waals surface area contributed by atoms with E-state index < -0.39 is 0 Å². The average Bonchev–Trinajstić information content (AvgIpc) is 2.96. The normalized spacial score (nSPS) is 19.1. The summed E-state index contributed by atoms with van der Waals surface area (Å²) >= 11 is 0. The van der Waals surface area contributed by atoms with Crippen molar-refractivity contribution in [2.75, 3.05) is 6.54 Å². The molecule has 2 N–H and O–H groups in total. The Morgan fingerprint density at radius 2 is 2.18 bits per heavy atom. The van der Waals surface area contributed by atoms with Crippen LogP contribution < -0.4 is 5.73 Å². The highest BCUT2D eigenvalue weighted by Crippen LogP contribution is 2.32. The van der Waals surface area contributed by atoms with Gasteiger partial charge in [-0.15, -0.1) is 0 Å². The van der Waals surface area contributed by atoms with Gasteiger partial charge in [0.2, 0.25) is 0 Å². The number of ether oxygens (including phenoxy) is 1. The summed E-state index contributed by atoms with van der Waals surface area (Å²) < 4.78 is 7.93. The van der Waals surface area contributed by atoms with E-state index in [4.69, 9.17) is 10.5 Å². The molecule has 0 unspecified atom stereocenters. The molecule has 1 aromatic rings. The Labute approximate surface area is 102 Å². The van der Waals surface area contributed by atoms with Crippen LogP contribution in [0.3, 0.4) is 0 Å². The van der Waals surface area contributed by atoms with Crippen LogP contribution in [0.1, 0.15) is 51.4 Å². The fourth-order valence-electron chi connectivity index (χ4n) is 2.45. The average molecular weight is 238 g/mol. The van der Waals surface area contributed by atoms with Crippen molar-refractivity contribution < 1.29 is 4.74 Å². The van der Waals surface area contributed by atoms with Gasteiger partial charge in [-0.3, -0.25) is 0 Å². The zero-order chi connectivity index (χ0) is 12.3. The number of hydrogen-bond acceptors (Lipinski definition) is 4. The van der Waals surface area contributed by atoms with E-state index in [-0.39, 0.29) is 5.60 Å². The van der Waals surface area contributed by atoms with Gasteiger partial charge >= 0.3 is 0 Å². The SMILES string of the molecule is CC(C)n1ncnc1COC1(CN)CCCC1. The van der Waals surface area contributed by atoms with Crippen molar-refractivity contribution in [1.29, 1.82) is 0 Å². The van der Waals surface area contributed by atoms with Crippen molar-refractivity contribution in [1.82, 2.24) is 14.8 Å². The summed E-state index contributed by atoms with van der Waals surface area (Å²) in [5.41, 5.74) is 5.72. The zero-order valence-electron chi connectivity index (χ0n) is 10.7. The van der Waals surface area contributed by atoms with Crippen molar-refractivity contribution in [3.05, 3.63) is 12.2 Å². The molecule has 5 heteroatoms. The molecule has 1 aromatic heterocycles. The molecule has 1 fully saturated rings. The molecule has 0 aromatic carbocycles. The van der Waals surface area contributed by atoms with Crippen LogP contribution in [0, 0.1) is 0 Å². The van der Waals surface area contributed by atoms with Crippen LogP contribution in [0.2, 0.25) is 0 Å². The van der Waals surface area contributed by atoms with Crippen molar-refractivity contribution in [2.24, 2.45) is 5.73 Å². The Morgan fingerprint density at radius 1 is 1.47 bits per heavy atom. The van der Waals surface area contributed by atoms with Crippen molar-refractivity contribution in [2.45, 2.75) is 57.8 Å². The van der Waals surface area contributed by atoms with Crippen LogP contribution in [0.4, 0.5) is 0 Å². The van der Waals surface area contributed by atoms with E-state index in [9.17, 15) is 0 Å². The summed E-state index contributed by atoms with van der Waals surface area (Å²) in [6, 6.07) is 0.313. The largest absolute Gasteiger partial charge is 0.366 e. The molecule has 0 bridgehead atoms. The smallest absolute Gasteiger partial charge is 0.153 e. The summed E-state index contributed by atoms with van der Waals surface area (Å²) in [6.45, 7) is 5.29. The fraction of sp³-hybridized carbons (Fsp3) is 0.833. The van der Waals surface area contributed by atoms with Crippen LogP contribution in [-0.2, 0) is 11.3 Å². The standard InChI is InChI=1S/C12H22N4O/c1-10(2)16-11(14-9-15-16)7-17-12(8-13)5-3-4-6-12/h9-10H,3-8,13H2,1-2H3. The first-order valence-corrected chi connectivity index (χ1v) is 6.39. The number of aromatic nitrogens is 3. The number of hydrogen-bond donors (Lipinski definition) is 1. The highest BCUT2D eigenvalue weighted by atomic mass is 16.5. The van der Waals surface area contributed by atoms with Gasteiger partial charge in [0.15, 0.2) is 5.82 Å². The van der Waals surface area contributed by atoms with Gasteiger partial charge < -0.3 is 10.5 Å². The Balaban J connectivity index is 1.99. The van der Waals surface area contributed by atoms with Crippen molar-refractivity contribution in [3.63, 3.8) is 0 Å². The first-order chi connectivity index (χ1) is 8.17. The first kappa shape index (κ1) is 12.5. The van der Waals surface area contributed by atoms with Crippen LogP contribution in [-0.4, -0.2) is 26.9 Å². The molecule has 1 saturated carbocycles.